The van der Waals surface area contributed by atoms with Crippen molar-refractivity contribution in [3.63, 3.8) is 0 Å². The maximum atomic E-state index is 10.4. The maximum Gasteiger partial charge on any atom is 0.166 e. The highest BCUT2D eigenvalue weighted by molar-refractivity contribution is 7.80. The molecule has 5 nitrogen and oxygen atoms in total. The summed E-state index contributed by atoms with van der Waals surface area (Å²) >= 11 is 4.41. The summed E-state index contributed by atoms with van der Waals surface area (Å²) in [7, 11) is 2.93. The SMILES string of the molecule is COc1cc(-c2ccc(CO)c(OC)c2O)c(S)cc1CO. The standard InChI is InChI=1S/C16H18O5S/c1-20-13-6-12(14(22)5-10(13)8-18)11-4-3-9(7-17)16(21-2)15(11)19/h3-6,17-19,22H,7-8H2,1-2H3. The molecule has 0 aliphatic rings. The van der Waals surface area contributed by atoms with Crippen molar-refractivity contribution < 1.29 is 24.8 Å². The molecule has 22 heavy (non-hydrogen) atoms. The van der Waals surface area contributed by atoms with Gasteiger partial charge >= 0.3 is 0 Å². The van der Waals surface area contributed by atoms with E-state index in [0.29, 0.717) is 32.9 Å². The van der Waals surface area contributed by atoms with Crippen LogP contribution in [0.3, 0.4) is 0 Å². The minimum absolute atomic E-state index is 0.0804. The number of aliphatic hydroxyl groups is 2. The lowest BCUT2D eigenvalue weighted by Crippen LogP contribution is -1.96. The second-order valence-corrected chi connectivity index (χ2v) is 5.13. The van der Waals surface area contributed by atoms with Crippen LogP contribution in [0.5, 0.6) is 17.2 Å². The van der Waals surface area contributed by atoms with Gasteiger partial charge in [0.25, 0.3) is 0 Å². The molecule has 2 rings (SSSR count). The minimum atomic E-state index is -0.239. The number of phenols is 1. The van der Waals surface area contributed by atoms with E-state index >= 15 is 0 Å². The molecule has 0 atom stereocenters. The van der Waals surface area contributed by atoms with Crippen LogP contribution in [0.15, 0.2) is 29.2 Å². The number of rotatable bonds is 5. The Morgan fingerprint density at radius 1 is 0.955 bits per heavy atom. The largest absolute Gasteiger partial charge is 0.504 e. The van der Waals surface area contributed by atoms with E-state index in [0.717, 1.165) is 0 Å². The molecule has 2 aromatic rings. The van der Waals surface area contributed by atoms with Crippen LogP contribution in [0.4, 0.5) is 0 Å². The van der Waals surface area contributed by atoms with Gasteiger partial charge in [0, 0.05) is 27.1 Å². The molecule has 0 saturated carbocycles. The molecule has 2 aromatic carbocycles. The van der Waals surface area contributed by atoms with E-state index in [-0.39, 0.29) is 24.7 Å². The highest BCUT2D eigenvalue weighted by atomic mass is 32.1. The Kier molecular flexibility index (Phi) is 5.18. The van der Waals surface area contributed by atoms with Crippen LogP contribution in [-0.4, -0.2) is 29.5 Å². The van der Waals surface area contributed by atoms with Crippen molar-refractivity contribution >= 4 is 12.6 Å². The Hall–Kier alpha value is -1.89. The van der Waals surface area contributed by atoms with Gasteiger partial charge in [0.15, 0.2) is 11.5 Å². The van der Waals surface area contributed by atoms with Gasteiger partial charge < -0.3 is 24.8 Å². The van der Waals surface area contributed by atoms with Gasteiger partial charge in [-0.2, -0.15) is 0 Å². The van der Waals surface area contributed by atoms with E-state index in [1.807, 2.05) is 0 Å². The van der Waals surface area contributed by atoms with Gasteiger partial charge in [0.05, 0.1) is 27.4 Å². The highest BCUT2D eigenvalue weighted by Crippen LogP contribution is 2.43. The summed E-state index contributed by atoms with van der Waals surface area (Å²) in [6.07, 6.45) is 0. The first-order valence-corrected chi connectivity index (χ1v) is 7.02. The monoisotopic (exact) mass is 322 g/mol. The van der Waals surface area contributed by atoms with Crippen LogP contribution in [0.1, 0.15) is 11.1 Å². The third kappa shape index (κ3) is 2.85. The quantitative estimate of drug-likeness (QED) is 0.636. The second kappa shape index (κ2) is 6.91. The second-order valence-electron chi connectivity index (χ2n) is 4.65. The Labute approximate surface area is 134 Å². The van der Waals surface area contributed by atoms with E-state index in [1.54, 1.807) is 24.3 Å². The number of benzene rings is 2. The van der Waals surface area contributed by atoms with Gasteiger partial charge in [-0.3, -0.25) is 0 Å². The number of hydrogen-bond donors (Lipinski definition) is 4. The van der Waals surface area contributed by atoms with E-state index in [4.69, 9.17) is 9.47 Å². The minimum Gasteiger partial charge on any atom is -0.504 e. The number of aliphatic hydroxyl groups excluding tert-OH is 2. The molecule has 6 heteroatoms. The molecule has 0 amide bonds. The molecule has 3 N–H and O–H groups in total. The normalized spacial score (nSPS) is 10.6. The Bertz CT molecular complexity index is 683. The molecule has 0 aromatic heterocycles. The average Bonchev–Trinajstić information content (AvgIpc) is 2.54. The van der Waals surface area contributed by atoms with Crippen LogP contribution in [-0.2, 0) is 13.2 Å². The van der Waals surface area contributed by atoms with Crippen molar-refractivity contribution in [1.29, 1.82) is 0 Å². The molecule has 0 radical (unpaired) electrons. The third-order valence-electron chi connectivity index (χ3n) is 3.45. The summed E-state index contributed by atoms with van der Waals surface area (Å²) in [5, 5.41) is 29.0. The summed E-state index contributed by atoms with van der Waals surface area (Å²) < 4.78 is 10.4. The van der Waals surface area contributed by atoms with Crippen molar-refractivity contribution in [2.75, 3.05) is 14.2 Å². The predicted molar refractivity (Wildman–Crippen MR) is 85.7 cm³/mol. The number of ether oxygens (including phenoxy) is 2. The van der Waals surface area contributed by atoms with Crippen molar-refractivity contribution in [1.82, 2.24) is 0 Å². The molecule has 0 aliphatic carbocycles. The molecular formula is C16H18O5S. The molecular weight excluding hydrogens is 304 g/mol. The van der Waals surface area contributed by atoms with Gasteiger partial charge in [-0.15, -0.1) is 12.6 Å². The molecule has 0 bridgehead atoms. The smallest absolute Gasteiger partial charge is 0.166 e. The van der Waals surface area contributed by atoms with Crippen molar-refractivity contribution in [3.8, 4) is 28.4 Å². The van der Waals surface area contributed by atoms with Crippen LogP contribution < -0.4 is 9.47 Å². The summed E-state index contributed by atoms with van der Waals surface area (Å²) in [4.78, 5) is 0.582. The fourth-order valence-electron chi connectivity index (χ4n) is 2.32. The summed E-state index contributed by atoms with van der Waals surface area (Å²) in [5.74, 6) is 0.640. The number of phenolic OH excluding ortho intramolecular Hbond substituents is 1. The van der Waals surface area contributed by atoms with E-state index in [2.05, 4.69) is 12.6 Å². The van der Waals surface area contributed by atoms with Crippen molar-refractivity contribution in [2.24, 2.45) is 0 Å². The van der Waals surface area contributed by atoms with E-state index in [9.17, 15) is 15.3 Å². The molecule has 118 valence electrons. The molecule has 0 heterocycles. The number of thiol groups is 1. The van der Waals surface area contributed by atoms with E-state index in [1.165, 1.54) is 14.2 Å². The van der Waals surface area contributed by atoms with Crippen molar-refractivity contribution in [2.45, 2.75) is 18.1 Å². The van der Waals surface area contributed by atoms with E-state index < -0.39 is 0 Å². The first kappa shape index (κ1) is 16.5. The Morgan fingerprint density at radius 2 is 1.64 bits per heavy atom. The lowest BCUT2D eigenvalue weighted by atomic mass is 9.99. The fraction of sp³-hybridized carbons (Fsp3) is 0.250. The molecule has 0 fully saturated rings. The van der Waals surface area contributed by atoms with Crippen LogP contribution >= 0.6 is 12.6 Å². The lowest BCUT2D eigenvalue weighted by Gasteiger charge is -2.16. The van der Waals surface area contributed by atoms with Crippen LogP contribution in [0.25, 0.3) is 11.1 Å². The predicted octanol–water partition coefficient (Wildman–Crippen LogP) is 2.35. The summed E-state index contributed by atoms with van der Waals surface area (Å²) in [5.41, 5.74) is 2.23. The molecule has 0 spiro atoms. The average molecular weight is 322 g/mol. The summed E-state index contributed by atoms with van der Waals surface area (Å²) in [6, 6.07) is 6.73. The highest BCUT2D eigenvalue weighted by Gasteiger charge is 2.17. The van der Waals surface area contributed by atoms with Gasteiger partial charge in [0.1, 0.15) is 5.75 Å². The molecule has 0 unspecified atom stereocenters. The number of methoxy groups -OCH3 is 2. The van der Waals surface area contributed by atoms with Crippen molar-refractivity contribution in [3.05, 3.63) is 35.4 Å². The number of hydrogen-bond acceptors (Lipinski definition) is 6. The van der Waals surface area contributed by atoms with Gasteiger partial charge in [-0.1, -0.05) is 6.07 Å². The molecule has 0 aliphatic heterocycles. The van der Waals surface area contributed by atoms with Crippen LogP contribution in [0.2, 0.25) is 0 Å². The first-order valence-electron chi connectivity index (χ1n) is 6.58. The third-order valence-corrected chi connectivity index (χ3v) is 3.82. The maximum absolute atomic E-state index is 10.4. The number of aromatic hydroxyl groups is 1. The Morgan fingerprint density at radius 3 is 2.18 bits per heavy atom. The summed E-state index contributed by atoms with van der Waals surface area (Å²) in [6.45, 7) is -0.409. The topological polar surface area (TPSA) is 79.2 Å². The zero-order valence-corrected chi connectivity index (χ0v) is 13.2. The van der Waals surface area contributed by atoms with Gasteiger partial charge in [0.2, 0.25) is 0 Å². The molecule has 0 saturated heterocycles. The van der Waals surface area contributed by atoms with Gasteiger partial charge in [-0.05, 0) is 18.2 Å². The zero-order valence-electron chi connectivity index (χ0n) is 12.3. The lowest BCUT2D eigenvalue weighted by molar-refractivity contribution is 0.270. The zero-order chi connectivity index (χ0) is 16.3. The first-order chi connectivity index (χ1) is 10.6. The Balaban J connectivity index is 2.66. The van der Waals surface area contributed by atoms with Crippen LogP contribution in [0, 0.1) is 0 Å². The van der Waals surface area contributed by atoms with Gasteiger partial charge in [-0.25, -0.2) is 0 Å². The fourth-order valence-corrected chi connectivity index (χ4v) is 2.66.